The van der Waals surface area contributed by atoms with E-state index >= 15 is 0 Å². The summed E-state index contributed by atoms with van der Waals surface area (Å²) in [6.07, 6.45) is 23.5. The molecule has 1 aromatic carbocycles. The highest BCUT2D eigenvalue weighted by atomic mass is 16.5. The summed E-state index contributed by atoms with van der Waals surface area (Å²) < 4.78 is 5.94. The quantitative estimate of drug-likeness (QED) is 0.219. The van der Waals surface area contributed by atoms with E-state index in [0.29, 0.717) is 10.8 Å². The van der Waals surface area contributed by atoms with Crippen LogP contribution in [0.25, 0.3) is 0 Å². The van der Waals surface area contributed by atoms with E-state index in [2.05, 4.69) is 34.6 Å². The average molecular weight is 552 g/mol. The standard InChI is InChI=1S/C32H58O.C6H7N/c1-6-7-10-22-33-23-24(2)12-11-13-25(3)28-17-18-29-27-16-15-26-14-8-9-20-31(26,4)30(27)19-21-32(28,29)5;7-6-4-2-1-3-5-6/h24-30H,6-23H2,1-5H3;1-5H,7H2/t24?,25-,26?,27+,28-,29+,30+,31+,32-;/m1./s1. The Bertz CT molecular complexity index is 854. The van der Waals surface area contributed by atoms with Gasteiger partial charge in [0.15, 0.2) is 0 Å². The molecule has 228 valence electrons. The van der Waals surface area contributed by atoms with Crippen molar-refractivity contribution in [1.29, 1.82) is 0 Å². The van der Waals surface area contributed by atoms with Gasteiger partial charge in [0.2, 0.25) is 0 Å². The molecule has 0 saturated heterocycles. The van der Waals surface area contributed by atoms with Gasteiger partial charge in [0.25, 0.3) is 0 Å². The summed E-state index contributed by atoms with van der Waals surface area (Å²) >= 11 is 0. The van der Waals surface area contributed by atoms with Crippen molar-refractivity contribution in [2.75, 3.05) is 18.9 Å². The minimum Gasteiger partial charge on any atom is -0.399 e. The van der Waals surface area contributed by atoms with Crippen LogP contribution in [0.1, 0.15) is 137 Å². The van der Waals surface area contributed by atoms with Crippen LogP contribution < -0.4 is 5.73 Å². The van der Waals surface area contributed by atoms with Crippen molar-refractivity contribution in [3.8, 4) is 0 Å². The molecule has 0 heterocycles. The van der Waals surface area contributed by atoms with Crippen molar-refractivity contribution in [1.82, 2.24) is 0 Å². The number of para-hydroxylation sites is 1. The summed E-state index contributed by atoms with van der Waals surface area (Å²) in [4.78, 5) is 0. The highest BCUT2D eigenvalue weighted by molar-refractivity contribution is 5.35. The predicted octanol–water partition coefficient (Wildman–Crippen LogP) is 11.0. The molecule has 4 saturated carbocycles. The number of hydrogen-bond donors (Lipinski definition) is 1. The molecule has 2 nitrogen and oxygen atoms in total. The van der Waals surface area contributed by atoms with Gasteiger partial charge < -0.3 is 10.5 Å². The molecule has 1 aromatic rings. The van der Waals surface area contributed by atoms with Crippen LogP contribution in [0.3, 0.4) is 0 Å². The molecule has 0 bridgehead atoms. The number of anilines is 1. The second-order valence-corrected chi connectivity index (χ2v) is 15.3. The smallest absolute Gasteiger partial charge is 0.0491 e. The average Bonchev–Trinajstić information content (AvgIpc) is 3.31. The molecular formula is C38H65NO. The topological polar surface area (TPSA) is 35.2 Å². The fraction of sp³-hybridized carbons (Fsp3) is 0.842. The minimum atomic E-state index is 0.645. The molecule has 2 unspecified atom stereocenters. The second kappa shape index (κ2) is 14.9. The Morgan fingerprint density at radius 1 is 0.825 bits per heavy atom. The molecule has 0 spiro atoms. The van der Waals surface area contributed by atoms with Gasteiger partial charge in [-0.3, -0.25) is 0 Å². The third-order valence-corrected chi connectivity index (χ3v) is 12.8. The van der Waals surface area contributed by atoms with Gasteiger partial charge in [0, 0.05) is 18.9 Å². The zero-order chi connectivity index (χ0) is 28.6. The summed E-state index contributed by atoms with van der Waals surface area (Å²) in [7, 11) is 0. The van der Waals surface area contributed by atoms with E-state index in [1.807, 2.05) is 30.3 Å². The normalized spacial score (nSPS) is 36.4. The van der Waals surface area contributed by atoms with Crippen LogP contribution in [0, 0.1) is 52.3 Å². The van der Waals surface area contributed by atoms with Crippen LogP contribution in [-0.4, -0.2) is 13.2 Å². The molecule has 0 amide bonds. The first-order valence-corrected chi connectivity index (χ1v) is 17.7. The van der Waals surface area contributed by atoms with Crippen molar-refractivity contribution in [2.24, 2.45) is 52.3 Å². The maximum Gasteiger partial charge on any atom is 0.0491 e. The van der Waals surface area contributed by atoms with E-state index in [1.54, 1.807) is 38.5 Å². The van der Waals surface area contributed by atoms with Crippen LogP contribution in [0.4, 0.5) is 5.69 Å². The predicted molar refractivity (Wildman–Crippen MR) is 173 cm³/mol. The van der Waals surface area contributed by atoms with Crippen molar-refractivity contribution in [3.63, 3.8) is 0 Å². The lowest BCUT2D eigenvalue weighted by Gasteiger charge is -2.61. The van der Waals surface area contributed by atoms with Gasteiger partial charge in [0.1, 0.15) is 0 Å². The molecule has 0 aromatic heterocycles. The summed E-state index contributed by atoms with van der Waals surface area (Å²) in [5.41, 5.74) is 7.52. The van der Waals surface area contributed by atoms with Crippen molar-refractivity contribution >= 4 is 5.69 Å². The van der Waals surface area contributed by atoms with E-state index in [9.17, 15) is 0 Å². The van der Waals surface area contributed by atoms with Gasteiger partial charge in [-0.2, -0.15) is 0 Å². The van der Waals surface area contributed by atoms with Crippen LogP contribution in [0.5, 0.6) is 0 Å². The maximum atomic E-state index is 5.94. The third-order valence-electron chi connectivity index (χ3n) is 12.8. The summed E-state index contributed by atoms with van der Waals surface area (Å²) in [5, 5.41) is 0. The fourth-order valence-corrected chi connectivity index (χ4v) is 10.5. The van der Waals surface area contributed by atoms with Gasteiger partial charge in [0.05, 0.1) is 0 Å². The van der Waals surface area contributed by atoms with Crippen LogP contribution >= 0.6 is 0 Å². The SMILES string of the molecule is CCCCCOCC(C)CCC[C@@H](C)[C@H]1CC[C@H]2[C@@H]3CCC4CCCC[C@]4(C)[C@H]3CC[C@]12C.Nc1ccccc1. The number of nitrogen functional groups attached to an aromatic ring is 1. The summed E-state index contributed by atoms with van der Waals surface area (Å²) in [6.45, 7) is 14.7. The minimum absolute atomic E-state index is 0.645. The first-order valence-electron chi connectivity index (χ1n) is 17.7. The van der Waals surface area contributed by atoms with Gasteiger partial charge in [-0.25, -0.2) is 0 Å². The molecule has 4 fully saturated rings. The lowest BCUT2D eigenvalue weighted by atomic mass is 9.44. The molecule has 2 heteroatoms. The van der Waals surface area contributed by atoms with E-state index < -0.39 is 0 Å². The Hall–Kier alpha value is -1.02. The monoisotopic (exact) mass is 552 g/mol. The Morgan fingerprint density at radius 2 is 1.60 bits per heavy atom. The number of unbranched alkanes of at least 4 members (excludes halogenated alkanes) is 2. The van der Waals surface area contributed by atoms with Crippen LogP contribution in [0.2, 0.25) is 0 Å². The first-order chi connectivity index (χ1) is 19.3. The van der Waals surface area contributed by atoms with Gasteiger partial charge >= 0.3 is 0 Å². The molecule has 5 rings (SSSR count). The number of hydrogen-bond acceptors (Lipinski definition) is 2. The van der Waals surface area contributed by atoms with Gasteiger partial charge in [-0.05, 0) is 129 Å². The highest BCUT2D eigenvalue weighted by Gasteiger charge is 2.60. The number of rotatable bonds is 11. The van der Waals surface area contributed by atoms with Gasteiger partial charge in [-0.15, -0.1) is 0 Å². The van der Waals surface area contributed by atoms with Gasteiger partial charge in [-0.1, -0.05) is 91.3 Å². The number of benzene rings is 1. The largest absolute Gasteiger partial charge is 0.399 e. The van der Waals surface area contributed by atoms with E-state index in [4.69, 9.17) is 10.5 Å². The first kappa shape index (κ1) is 31.9. The molecule has 40 heavy (non-hydrogen) atoms. The third kappa shape index (κ3) is 7.48. The zero-order valence-electron chi connectivity index (χ0n) is 27.1. The Labute approximate surface area is 249 Å². The number of ether oxygens (including phenoxy) is 1. The lowest BCUT2D eigenvalue weighted by molar-refractivity contribution is -0.114. The Kier molecular flexibility index (Phi) is 11.9. The molecule has 0 radical (unpaired) electrons. The molecule has 4 aliphatic carbocycles. The highest BCUT2D eigenvalue weighted by Crippen LogP contribution is 2.68. The number of nitrogens with two attached hydrogens (primary N) is 1. The Morgan fingerprint density at radius 3 is 2.33 bits per heavy atom. The Balaban J connectivity index is 0.000000461. The summed E-state index contributed by atoms with van der Waals surface area (Å²) in [6, 6.07) is 9.49. The van der Waals surface area contributed by atoms with E-state index in [1.165, 1.54) is 64.2 Å². The van der Waals surface area contributed by atoms with Crippen LogP contribution in [-0.2, 0) is 4.74 Å². The molecule has 0 aliphatic heterocycles. The van der Waals surface area contributed by atoms with Crippen molar-refractivity contribution in [2.45, 2.75) is 137 Å². The molecule has 2 N–H and O–H groups in total. The fourth-order valence-electron chi connectivity index (χ4n) is 10.5. The summed E-state index contributed by atoms with van der Waals surface area (Å²) in [5.74, 6) is 6.85. The van der Waals surface area contributed by atoms with Crippen molar-refractivity contribution in [3.05, 3.63) is 30.3 Å². The zero-order valence-corrected chi connectivity index (χ0v) is 27.1. The number of fused-ring (bicyclic) bond motifs is 5. The second-order valence-electron chi connectivity index (χ2n) is 15.3. The van der Waals surface area contributed by atoms with E-state index in [0.717, 1.165) is 60.3 Å². The molecular weight excluding hydrogens is 486 g/mol. The lowest BCUT2D eigenvalue weighted by Crippen LogP contribution is -2.53. The molecule has 4 aliphatic rings. The van der Waals surface area contributed by atoms with Crippen molar-refractivity contribution < 1.29 is 4.74 Å². The van der Waals surface area contributed by atoms with Crippen LogP contribution in [0.15, 0.2) is 30.3 Å². The molecule has 9 atom stereocenters. The maximum absolute atomic E-state index is 5.94. The van der Waals surface area contributed by atoms with E-state index in [-0.39, 0.29) is 0 Å².